The molecule has 3 rings (SSSR count). The number of nitrogens with one attached hydrogen (secondary N) is 1. The average molecular weight is 257 g/mol. The normalized spacial score (nSPS) is 24.1. The highest BCUT2D eigenvalue weighted by molar-refractivity contribution is 5.58. The van der Waals surface area contributed by atoms with Gasteiger partial charge in [-0.05, 0) is 47.8 Å². The summed E-state index contributed by atoms with van der Waals surface area (Å²) in [6.45, 7) is 6.90. The molecule has 1 heteroatoms. The van der Waals surface area contributed by atoms with E-state index in [-0.39, 0.29) is 5.41 Å². The van der Waals surface area contributed by atoms with Crippen LogP contribution >= 0.6 is 0 Å². The molecule has 0 bridgehead atoms. The highest BCUT2D eigenvalue weighted by Crippen LogP contribution is 2.37. The van der Waals surface area contributed by atoms with Crippen molar-refractivity contribution in [2.45, 2.75) is 70.8 Å². The predicted molar refractivity (Wildman–Crippen MR) is 82.8 cm³/mol. The topological polar surface area (TPSA) is 12.0 Å². The largest absolute Gasteiger partial charge is 0.381 e. The lowest BCUT2D eigenvalue weighted by atomic mass is 9.82. The van der Waals surface area contributed by atoms with Crippen molar-refractivity contribution in [3.63, 3.8) is 0 Å². The van der Waals surface area contributed by atoms with E-state index in [1.807, 2.05) is 0 Å². The molecule has 1 N–H and O–H groups in total. The molecule has 1 unspecified atom stereocenters. The Balaban J connectivity index is 1.76. The van der Waals surface area contributed by atoms with Gasteiger partial charge in [0, 0.05) is 11.7 Å². The molecule has 1 atom stereocenters. The Kier molecular flexibility index (Phi) is 3.32. The Hall–Kier alpha value is -0.980. The molecule has 1 nitrogen and oxygen atoms in total. The second-order valence-corrected chi connectivity index (χ2v) is 7.47. The van der Waals surface area contributed by atoms with E-state index < -0.39 is 0 Å². The molecular weight excluding hydrogens is 230 g/mol. The van der Waals surface area contributed by atoms with Gasteiger partial charge in [-0.1, -0.05) is 52.2 Å². The van der Waals surface area contributed by atoms with Crippen LogP contribution in [0.3, 0.4) is 0 Å². The van der Waals surface area contributed by atoms with Gasteiger partial charge in [-0.2, -0.15) is 0 Å². The van der Waals surface area contributed by atoms with Crippen molar-refractivity contribution in [3.05, 3.63) is 29.3 Å². The van der Waals surface area contributed by atoms with Crippen LogP contribution < -0.4 is 5.32 Å². The fourth-order valence-corrected chi connectivity index (χ4v) is 3.68. The average Bonchev–Trinajstić information content (AvgIpc) is 2.81. The zero-order chi connectivity index (χ0) is 13.5. The number of benzene rings is 1. The quantitative estimate of drug-likeness (QED) is 0.754. The van der Waals surface area contributed by atoms with Crippen molar-refractivity contribution >= 4 is 5.69 Å². The van der Waals surface area contributed by atoms with Gasteiger partial charge in [0.05, 0.1) is 0 Å². The Labute approximate surface area is 117 Å². The Bertz CT molecular complexity index is 449. The van der Waals surface area contributed by atoms with Crippen molar-refractivity contribution in [2.24, 2.45) is 5.92 Å². The number of rotatable bonds is 1. The van der Waals surface area contributed by atoms with Crippen LogP contribution in [0.15, 0.2) is 18.2 Å². The smallest absolute Gasteiger partial charge is 0.0376 e. The highest BCUT2D eigenvalue weighted by atomic mass is 15.0. The number of fused-ring (bicyclic) bond motifs is 1. The highest BCUT2D eigenvalue weighted by Gasteiger charge is 2.29. The van der Waals surface area contributed by atoms with Gasteiger partial charge < -0.3 is 5.32 Å². The van der Waals surface area contributed by atoms with Crippen LogP contribution in [0.1, 0.15) is 64.0 Å². The van der Waals surface area contributed by atoms with Gasteiger partial charge in [0.25, 0.3) is 0 Å². The predicted octanol–water partition coefficient (Wildman–Crippen LogP) is 4.90. The van der Waals surface area contributed by atoms with Crippen LogP contribution in [0.2, 0.25) is 0 Å². The van der Waals surface area contributed by atoms with Crippen LogP contribution in [0.25, 0.3) is 0 Å². The Morgan fingerprint density at radius 3 is 2.47 bits per heavy atom. The molecule has 2 aliphatic rings. The first-order valence-corrected chi connectivity index (χ1v) is 7.94. The van der Waals surface area contributed by atoms with E-state index in [9.17, 15) is 0 Å². The minimum atomic E-state index is 0.262. The minimum Gasteiger partial charge on any atom is -0.381 e. The molecule has 1 aromatic carbocycles. The molecule has 1 aliphatic heterocycles. The van der Waals surface area contributed by atoms with E-state index in [2.05, 4.69) is 44.3 Å². The zero-order valence-electron chi connectivity index (χ0n) is 12.6. The van der Waals surface area contributed by atoms with Crippen molar-refractivity contribution in [1.82, 2.24) is 0 Å². The summed E-state index contributed by atoms with van der Waals surface area (Å²) >= 11 is 0. The second-order valence-electron chi connectivity index (χ2n) is 7.47. The lowest BCUT2D eigenvalue weighted by molar-refractivity contribution is 0.321. The third-order valence-electron chi connectivity index (χ3n) is 4.97. The molecule has 0 saturated heterocycles. The molecule has 0 aromatic heterocycles. The van der Waals surface area contributed by atoms with Crippen molar-refractivity contribution in [2.75, 3.05) is 5.32 Å². The summed E-state index contributed by atoms with van der Waals surface area (Å²) < 4.78 is 0. The summed E-state index contributed by atoms with van der Waals surface area (Å²) in [6.07, 6.45) is 8.42. The first-order valence-electron chi connectivity index (χ1n) is 7.94. The van der Waals surface area contributed by atoms with Gasteiger partial charge in [0.15, 0.2) is 0 Å². The maximum absolute atomic E-state index is 3.78. The number of hydrogen-bond acceptors (Lipinski definition) is 1. The van der Waals surface area contributed by atoms with E-state index in [0.29, 0.717) is 6.04 Å². The standard InChI is InChI=1S/C18H27N/c1-18(2,3)15-9-10-16-14(11-15)12-17(19-16)13-7-5-4-6-8-13/h9-11,13,17,19H,4-8,12H2,1-3H3. The van der Waals surface area contributed by atoms with Crippen molar-refractivity contribution in [1.29, 1.82) is 0 Å². The van der Waals surface area contributed by atoms with Gasteiger partial charge >= 0.3 is 0 Å². The molecule has 104 valence electrons. The third kappa shape index (κ3) is 2.66. The molecule has 0 amide bonds. The zero-order valence-corrected chi connectivity index (χ0v) is 12.6. The van der Waals surface area contributed by atoms with Gasteiger partial charge in [0.2, 0.25) is 0 Å². The fourth-order valence-electron chi connectivity index (χ4n) is 3.68. The first kappa shape index (κ1) is 13.0. The summed E-state index contributed by atoms with van der Waals surface area (Å²) in [5.41, 5.74) is 4.67. The molecule has 1 aromatic rings. The van der Waals surface area contributed by atoms with Crippen molar-refractivity contribution in [3.8, 4) is 0 Å². The molecule has 0 spiro atoms. The summed E-state index contributed by atoms with van der Waals surface area (Å²) in [4.78, 5) is 0. The third-order valence-corrected chi connectivity index (χ3v) is 4.97. The van der Waals surface area contributed by atoms with Crippen molar-refractivity contribution < 1.29 is 0 Å². The summed E-state index contributed by atoms with van der Waals surface area (Å²) in [7, 11) is 0. The van der Waals surface area contributed by atoms with Gasteiger partial charge in [-0.25, -0.2) is 0 Å². The van der Waals surface area contributed by atoms with Gasteiger partial charge in [0.1, 0.15) is 0 Å². The van der Waals surface area contributed by atoms with Crippen LogP contribution in [0, 0.1) is 5.92 Å². The van der Waals surface area contributed by atoms with E-state index in [1.54, 1.807) is 5.56 Å². The maximum Gasteiger partial charge on any atom is 0.0376 e. The molecule has 0 radical (unpaired) electrons. The maximum atomic E-state index is 3.78. The summed E-state index contributed by atoms with van der Waals surface area (Å²) in [5, 5.41) is 3.78. The molecule has 1 heterocycles. The van der Waals surface area contributed by atoms with Crippen LogP contribution in [-0.2, 0) is 11.8 Å². The Morgan fingerprint density at radius 1 is 1.05 bits per heavy atom. The molecule has 1 aliphatic carbocycles. The van der Waals surface area contributed by atoms with E-state index >= 15 is 0 Å². The number of hydrogen-bond donors (Lipinski definition) is 1. The summed E-state index contributed by atoms with van der Waals surface area (Å²) in [5.74, 6) is 0.902. The van der Waals surface area contributed by atoms with Crippen LogP contribution in [0.5, 0.6) is 0 Å². The fraction of sp³-hybridized carbons (Fsp3) is 0.667. The Morgan fingerprint density at radius 2 is 1.79 bits per heavy atom. The lowest BCUT2D eigenvalue weighted by Gasteiger charge is -2.27. The second kappa shape index (κ2) is 4.85. The lowest BCUT2D eigenvalue weighted by Crippen LogP contribution is -2.28. The molecular formula is C18H27N. The van der Waals surface area contributed by atoms with Crippen LogP contribution in [0.4, 0.5) is 5.69 Å². The van der Waals surface area contributed by atoms with Gasteiger partial charge in [-0.3, -0.25) is 0 Å². The van der Waals surface area contributed by atoms with Gasteiger partial charge in [-0.15, -0.1) is 0 Å². The van der Waals surface area contributed by atoms with Crippen LogP contribution in [-0.4, -0.2) is 6.04 Å². The SMILES string of the molecule is CC(C)(C)c1ccc2c(c1)CC(C1CCCCC1)N2. The monoisotopic (exact) mass is 257 g/mol. The molecule has 1 saturated carbocycles. The first-order chi connectivity index (χ1) is 9.04. The van der Waals surface area contributed by atoms with E-state index in [1.165, 1.54) is 49.8 Å². The molecule has 19 heavy (non-hydrogen) atoms. The summed E-state index contributed by atoms with van der Waals surface area (Å²) in [6, 6.07) is 7.74. The number of anilines is 1. The molecule has 1 fully saturated rings. The van der Waals surface area contributed by atoms with E-state index in [4.69, 9.17) is 0 Å². The minimum absolute atomic E-state index is 0.262. The van der Waals surface area contributed by atoms with E-state index in [0.717, 1.165) is 5.92 Å².